The van der Waals surface area contributed by atoms with Crippen molar-refractivity contribution in [2.45, 2.75) is 25.8 Å². The van der Waals surface area contributed by atoms with E-state index in [9.17, 15) is 9.59 Å². The van der Waals surface area contributed by atoms with Crippen molar-refractivity contribution in [2.75, 3.05) is 6.54 Å². The molecule has 1 atom stereocenters. The molecule has 1 rings (SSSR count). The largest absolute Gasteiger partial charge is 0.480 e. The Labute approximate surface area is 76.8 Å². The second-order valence-electron chi connectivity index (χ2n) is 3.03. The van der Waals surface area contributed by atoms with Crippen LogP contribution in [0.4, 0.5) is 0 Å². The number of carbonyl (C=O) groups excluding carboxylic acids is 1. The molecule has 1 saturated heterocycles. The summed E-state index contributed by atoms with van der Waals surface area (Å²) in [4.78, 5) is 23.4. The molecule has 1 aliphatic rings. The van der Waals surface area contributed by atoms with Crippen LogP contribution in [0.2, 0.25) is 0 Å². The average Bonchev–Trinajstić information content (AvgIpc) is 2.52. The minimum atomic E-state index is -0.907. The molecule has 13 heavy (non-hydrogen) atoms. The molecule has 0 saturated carbocycles. The van der Waals surface area contributed by atoms with Crippen LogP contribution in [0.15, 0.2) is 12.2 Å². The van der Waals surface area contributed by atoms with Crippen molar-refractivity contribution in [3.8, 4) is 0 Å². The molecule has 72 valence electrons. The maximum Gasteiger partial charge on any atom is 0.326 e. The predicted octanol–water partition coefficient (Wildman–Crippen LogP) is 0.638. The van der Waals surface area contributed by atoms with E-state index >= 15 is 0 Å². The van der Waals surface area contributed by atoms with E-state index in [1.165, 1.54) is 11.0 Å². The van der Waals surface area contributed by atoms with Gasteiger partial charge in [-0.1, -0.05) is 6.08 Å². The SMILES string of the molecule is C/C=C/C(=O)N1CCCC1C(=O)O. The lowest BCUT2D eigenvalue weighted by Gasteiger charge is -2.19. The number of allylic oxidation sites excluding steroid dienone is 1. The number of rotatable bonds is 2. The number of likely N-dealkylation sites (tertiary alicyclic amines) is 1. The molecule has 4 nitrogen and oxygen atoms in total. The molecule has 0 aliphatic carbocycles. The summed E-state index contributed by atoms with van der Waals surface area (Å²) in [6, 6.07) is -0.622. The molecule has 0 spiro atoms. The molecule has 1 unspecified atom stereocenters. The van der Waals surface area contributed by atoms with Crippen molar-refractivity contribution in [1.29, 1.82) is 0 Å². The lowest BCUT2D eigenvalue weighted by atomic mass is 10.2. The second-order valence-corrected chi connectivity index (χ2v) is 3.03. The Morgan fingerprint density at radius 1 is 1.54 bits per heavy atom. The number of amides is 1. The first-order valence-corrected chi connectivity index (χ1v) is 4.33. The molecule has 0 aromatic carbocycles. The van der Waals surface area contributed by atoms with Gasteiger partial charge in [0.15, 0.2) is 0 Å². The quantitative estimate of drug-likeness (QED) is 0.639. The van der Waals surface area contributed by atoms with Gasteiger partial charge in [-0.3, -0.25) is 4.79 Å². The van der Waals surface area contributed by atoms with Crippen molar-refractivity contribution in [3.05, 3.63) is 12.2 Å². The van der Waals surface area contributed by atoms with Gasteiger partial charge < -0.3 is 10.0 Å². The molecule has 0 bridgehead atoms. The Hall–Kier alpha value is -1.32. The zero-order valence-electron chi connectivity index (χ0n) is 7.56. The number of hydrogen-bond acceptors (Lipinski definition) is 2. The highest BCUT2D eigenvalue weighted by Gasteiger charge is 2.32. The standard InChI is InChI=1S/C9H13NO3/c1-2-4-8(11)10-6-3-5-7(10)9(12)13/h2,4,7H,3,5-6H2,1H3,(H,12,13)/b4-2+. The summed E-state index contributed by atoms with van der Waals surface area (Å²) in [5.74, 6) is -1.11. The van der Waals surface area contributed by atoms with E-state index in [4.69, 9.17) is 5.11 Å². The van der Waals surface area contributed by atoms with Crippen LogP contribution in [0.3, 0.4) is 0 Å². The minimum Gasteiger partial charge on any atom is -0.480 e. The highest BCUT2D eigenvalue weighted by molar-refractivity contribution is 5.91. The van der Waals surface area contributed by atoms with Gasteiger partial charge in [-0.15, -0.1) is 0 Å². The van der Waals surface area contributed by atoms with Crippen LogP contribution >= 0.6 is 0 Å². The number of carboxylic acid groups (broad SMARTS) is 1. The Morgan fingerprint density at radius 3 is 2.77 bits per heavy atom. The fourth-order valence-electron chi connectivity index (χ4n) is 1.53. The van der Waals surface area contributed by atoms with Crippen molar-refractivity contribution in [3.63, 3.8) is 0 Å². The summed E-state index contributed by atoms with van der Waals surface area (Å²) < 4.78 is 0. The van der Waals surface area contributed by atoms with Crippen LogP contribution in [0.5, 0.6) is 0 Å². The zero-order valence-corrected chi connectivity index (χ0v) is 7.56. The summed E-state index contributed by atoms with van der Waals surface area (Å²) in [5, 5.41) is 8.78. The second kappa shape index (κ2) is 4.07. The third-order valence-electron chi connectivity index (χ3n) is 2.13. The van der Waals surface area contributed by atoms with Crippen molar-refractivity contribution < 1.29 is 14.7 Å². The highest BCUT2D eigenvalue weighted by Crippen LogP contribution is 2.17. The molecule has 1 N–H and O–H groups in total. The van der Waals surface area contributed by atoms with Crippen LogP contribution in [0.1, 0.15) is 19.8 Å². The van der Waals surface area contributed by atoms with Crippen LogP contribution in [0.25, 0.3) is 0 Å². The molecular formula is C9H13NO3. The van der Waals surface area contributed by atoms with Crippen LogP contribution in [-0.2, 0) is 9.59 Å². The van der Waals surface area contributed by atoms with E-state index in [0.29, 0.717) is 13.0 Å². The summed E-state index contributed by atoms with van der Waals surface area (Å²) in [6.07, 6.45) is 4.37. The first-order valence-electron chi connectivity index (χ1n) is 4.33. The van der Waals surface area contributed by atoms with Gasteiger partial charge >= 0.3 is 5.97 Å². The smallest absolute Gasteiger partial charge is 0.326 e. The lowest BCUT2D eigenvalue weighted by molar-refractivity contribution is -0.146. The first kappa shape index (κ1) is 9.77. The van der Waals surface area contributed by atoms with E-state index < -0.39 is 12.0 Å². The van der Waals surface area contributed by atoms with E-state index in [2.05, 4.69) is 0 Å². The van der Waals surface area contributed by atoms with E-state index in [1.807, 2.05) is 0 Å². The number of carbonyl (C=O) groups is 2. The van der Waals surface area contributed by atoms with Crippen LogP contribution in [-0.4, -0.2) is 34.5 Å². The highest BCUT2D eigenvalue weighted by atomic mass is 16.4. The monoisotopic (exact) mass is 183 g/mol. The van der Waals surface area contributed by atoms with Crippen molar-refractivity contribution in [1.82, 2.24) is 4.90 Å². The van der Waals surface area contributed by atoms with Gasteiger partial charge in [0.25, 0.3) is 0 Å². The first-order chi connectivity index (χ1) is 6.16. The van der Waals surface area contributed by atoms with Gasteiger partial charge in [0.2, 0.25) is 5.91 Å². The Kier molecular flexibility index (Phi) is 3.06. The lowest BCUT2D eigenvalue weighted by Crippen LogP contribution is -2.39. The molecule has 1 heterocycles. The number of hydrogen-bond donors (Lipinski definition) is 1. The van der Waals surface area contributed by atoms with Gasteiger partial charge in [0.05, 0.1) is 0 Å². The fraction of sp³-hybridized carbons (Fsp3) is 0.556. The third kappa shape index (κ3) is 2.08. The molecule has 0 aromatic heterocycles. The third-order valence-corrected chi connectivity index (χ3v) is 2.13. The van der Waals surface area contributed by atoms with Gasteiger partial charge in [-0.05, 0) is 25.8 Å². The van der Waals surface area contributed by atoms with Crippen molar-refractivity contribution in [2.24, 2.45) is 0 Å². The van der Waals surface area contributed by atoms with Gasteiger partial charge in [-0.25, -0.2) is 4.79 Å². The van der Waals surface area contributed by atoms with Gasteiger partial charge in [0.1, 0.15) is 6.04 Å². The van der Waals surface area contributed by atoms with Gasteiger partial charge in [-0.2, -0.15) is 0 Å². The van der Waals surface area contributed by atoms with Crippen LogP contribution < -0.4 is 0 Å². The van der Waals surface area contributed by atoms with Gasteiger partial charge in [0, 0.05) is 6.54 Å². The summed E-state index contributed by atoms with van der Waals surface area (Å²) >= 11 is 0. The number of nitrogens with zero attached hydrogens (tertiary/aromatic N) is 1. The molecule has 1 aliphatic heterocycles. The summed E-state index contributed by atoms with van der Waals surface area (Å²) in [6.45, 7) is 2.30. The normalized spacial score (nSPS) is 22.5. The Bertz CT molecular complexity index is 247. The zero-order chi connectivity index (χ0) is 9.84. The Morgan fingerprint density at radius 2 is 2.23 bits per heavy atom. The van der Waals surface area contributed by atoms with E-state index in [1.54, 1.807) is 13.0 Å². The molecular weight excluding hydrogens is 170 g/mol. The number of carboxylic acids is 1. The number of aliphatic carboxylic acids is 1. The maximum atomic E-state index is 11.3. The van der Waals surface area contributed by atoms with Crippen LogP contribution in [0, 0.1) is 0 Å². The summed E-state index contributed by atoms with van der Waals surface area (Å²) in [5.41, 5.74) is 0. The maximum absolute atomic E-state index is 11.3. The molecule has 4 heteroatoms. The van der Waals surface area contributed by atoms with Crippen molar-refractivity contribution >= 4 is 11.9 Å². The Balaban J connectivity index is 2.68. The minimum absolute atomic E-state index is 0.201. The van der Waals surface area contributed by atoms with E-state index in [-0.39, 0.29) is 5.91 Å². The summed E-state index contributed by atoms with van der Waals surface area (Å²) in [7, 11) is 0. The van der Waals surface area contributed by atoms with E-state index in [0.717, 1.165) is 6.42 Å². The predicted molar refractivity (Wildman–Crippen MR) is 47.2 cm³/mol. The molecule has 0 aromatic rings. The average molecular weight is 183 g/mol. The molecule has 1 amide bonds. The topological polar surface area (TPSA) is 57.6 Å². The molecule has 0 radical (unpaired) electrons. The molecule has 1 fully saturated rings. The fourth-order valence-corrected chi connectivity index (χ4v) is 1.53.